The van der Waals surface area contributed by atoms with Crippen LogP contribution in [0.15, 0.2) is 28.7 Å². The standard InChI is InChI=1S/C14H18BrNO/c15-14-4-2-1-3-10(14)9-16-11-5-6-12(16)8-13(17)7-11/h1-4,11-13,17H,5-9H2. The molecule has 1 N–H and O–H groups in total. The molecule has 17 heavy (non-hydrogen) atoms. The van der Waals surface area contributed by atoms with Crippen LogP contribution in [0.3, 0.4) is 0 Å². The van der Waals surface area contributed by atoms with E-state index in [9.17, 15) is 5.11 Å². The summed E-state index contributed by atoms with van der Waals surface area (Å²) in [6, 6.07) is 9.64. The van der Waals surface area contributed by atoms with Gasteiger partial charge in [-0.05, 0) is 37.3 Å². The van der Waals surface area contributed by atoms with Crippen LogP contribution in [0.4, 0.5) is 0 Å². The zero-order valence-corrected chi connectivity index (χ0v) is 11.4. The van der Waals surface area contributed by atoms with E-state index in [2.05, 4.69) is 45.1 Å². The fraction of sp³-hybridized carbons (Fsp3) is 0.571. The van der Waals surface area contributed by atoms with Gasteiger partial charge in [-0.1, -0.05) is 34.1 Å². The number of benzene rings is 1. The first-order valence-corrected chi connectivity index (χ1v) is 7.20. The highest BCUT2D eigenvalue weighted by Gasteiger charge is 2.39. The van der Waals surface area contributed by atoms with Gasteiger partial charge in [-0.3, -0.25) is 4.90 Å². The Morgan fingerprint density at radius 2 is 1.82 bits per heavy atom. The molecule has 0 aliphatic carbocycles. The van der Waals surface area contributed by atoms with Crippen molar-refractivity contribution in [2.75, 3.05) is 0 Å². The molecule has 1 aromatic rings. The van der Waals surface area contributed by atoms with E-state index in [0.717, 1.165) is 19.4 Å². The van der Waals surface area contributed by atoms with Crippen LogP contribution in [0.1, 0.15) is 31.2 Å². The predicted octanol–water partition coefficient (Wildman–Crippen LogP) is 2.94. The summed E-state index contributed by atoms with van der Waals surface area (Å²) >= 11 is 3.62. The summed E-state index contributed by atoms with van der Waals surface area (Å²) in [5.74, 6) is 0. The lowest BCUT2D eigenvalue weighted by molar-refractivity contribution is 0.0309. The van der Waals surface area contributed by atoms with Crippen LogP contribution in [-0.2, 0) is 6.54 Å². The number of halogens is 1. The highest BCUT2D eigenvalue weighted by atomic mass is 79.9. The molecule has 2 unspecified atom stereocenters. The maximum Gasteiger partial charge on any atom is 0.0570 e. The van der Waals surface area contributed by atoms with Crippen molar-refractivity contribution in [2.45, 2.75) is 50.4 Å². The first kappa shape index (κ1) is 11.7. The molecule has 2 bridgehead atoms. The smallest absolute Gasteiger partial charge is 0.0570 e. The SMILES string of the molecule is OC1CC2CCC(C1)N2Cc1ccccc1Br. The molecule has 3 heteroatoms. The molecule has 2 heterocycles. The van der Waals surface area contributed by atoms with Gasteiger partial charge in [0.1, 0.15) is 0 Å². The largest absolute Gasteiger partial charge is 0.393 e. The molecule has 92 valence electrons. The molecular weight excluding hydrogens is 278 g/mol. The molecule has 0 spiro atoms. The van der Waals surface area contributed by atoms with Crippen molar-refractivity contribution >= 4 is 15.9 Å². The zero-order chi connectivity index (χ0) is 11.8. The van der Waals surface area contributed by atoms with E-state index in [1.807, 2.05) is 0 Å². The third-order valence-corrected chi connectivity index (χ3v) is 4.94. The first-order chi connectivity index (χ1) is 8.24. The monoisotopic (exact) mass is 295 g/mol. The number of nitrogens with zero attached hydrogens (tertiary/aromatic N) is 1. The minimum Gasteiger partial charge on any atom is -0.393 e. The Hall–Kier alpha value is -0.380. The second-order valence-electron chi connectivity index (χ2n) is 5.27. The summed E-state index contributed by atoms with van der Waals surface area (Å²) in [5, 5.41) is 9.79. The van der Waals surface area contributed by atoms with E-state index >= 15 is 0 Å². The van der Waals surface area contributed by atoms with Crippen molar-refractivity contribution in [1.29, 1.82) is 0 Å². The summed E-state index contributed by atoms with van der Waals surface area (Å²) in [5.41, 5.74) is 1.36. The number of piperidine rings is 1. The zero-order valence-electron chi connectivity index (χ0n) is 9.85. The topological polar surface area (TPSA) is 23.5 Å². The molecule has 0 aromatic heterocycles. The highest BCUT2D eigenvalue weighted by Crippen LogP contribution is 2.37. The predicted molar refractivity (Wildman–Crippen MR) is 71.7 cm³/mol. The van der Waals surface area contributed by atoms with Gasteiger partial charge < -0.3 is 5.11 Å². The molecule has 0 radical (unpaired) electrons. The summed E-state index contributed by atoms with van der Waals surface area (Å²) in [6.45, 7) is 1.02. The maximum absolute atomic E-state index is 9.79. The van der Waals surface area contributed by atoms with E-state index in [1.54, 1.807) is 0 Å². The van der Waals surface area contributed by atoms with Crippen LogP contribution in [0, 0.1) is 0 Å². The van der Waals surface area contributed by atoms with Gasteiger partial charge in [-0.15, -0.1) is 0 Å². The van der Waals surface area contributed by atoms with Gasteiger partial charge in [0.2, 0.25) is 0 Å². The van der Waals surface area contributed by atoms with Crippen molar-refractivity contribution in [3.05, 3.63) is 34.3 Å². The third-order valence-electron chi connectivity index (χ3n) is 4.17. The first-order valence-electron chi connectivity index (χ1n) is 6.41. The Balaban J connectivity index is 1.76. The molecule has 2 nitrogen and oxygen atoms in total. The molecular formula is C14H18BrNO. The maximum atomic E-state index is 9.79. The van der Waals surface area contributed by atoms with E-state index in [1.165, 1.54) is 22.9 Å². The number of aliphatic hydroxyl groups excluding tert-OH is 1. The lowest BCUT2D eigenvalue weighted by Gasteiger charge is -2.37. The minimum absolute atomic E-state index is 0.0667. The Morgan fingerprint density at radius 1 is 1.18 bits per heavy atom. The van der Waals surface area contributed by atoms with Gasteiger partial charge in [0.05, 0.1) is 6.10 Å². The number of rotatable bonds is 2. The number of hydrogen-bond donors (Lipinski definition) is 1. The third kappa shape index (κ3) is 2.28. The summed E-state index contributed by atoms with van der Waals surface area (Å²) in [4.78, 5) is 2.59. The van der Waals surface area contributed by atoms with E-state index in [4.69, 9.17) is 0 Å². The van der Waals surface area contributed by atoms with Crippen molar-refractivity contribution in [3.63, 3.8) is 0 Å². The average molecular weight is 296 g/mol. The van der Waals surface area contributed by atoms with Gasteiger partial charge >= 0.3 is 0 Å². The molecule has 2 atom stereocenters. The summed E-state index contributed by atoms with van der Waals surface area (Å²) in [6.07, 6.45) is 4.36. The van der Waals surface area contributed by atoms with Crippen molar-refractivity contribution in [1.82, 2.24) is 4.90 Å². The molecule has 3 rings (SSSR count). The summed E-state index contributed by atoms with van der Waals surface area (Å²) in [7, 11) is 0. The van der Waals surface area contributed by atoms with Crippen LogP contribution in [-0.4, -0.2) is 28.2 Å². The molecule has 1 aromatic carbocycles. The lowest BCUT2D eigenvalue weighted by Crippen LogP contribution is -2.44. The molecule has 2 fully saturated rings. The van der Waals surface area contributed by atoms with Crippen molar-refractivity contribution in [3.8, 4) is 0 Å². The van der Waals surface area contributed by atoms with Crippen LogP contribution in [0.2, 0.25) is 0 Å². The Labute approximate surface area is 111 Å². The second kappa shape index (κ2) is 4.71. The Kier molecular flexibility index (Phi) is 3.24. The quantitative estimate of drug-likeness (QED) is 0.907. The number of hydrogen-bond acceptors (Lipinski definition) is 2. The van der Waals surface area contributed by atoms with Gasteiger partial charge in [-0.2, -0.15) is 0 Å². The minimum atomic E-state index is -0.0667. The molecule has 2 aliphatic heterocycles. The lowest BCUT2D eigenvalue weighted by atomic mass is 9.99. The van der Waals surface area contributed by atoms with E-state index in [-0.39, 0.29) is 6.10 Å². The van der Waals surface area contributed by atoms with Gasteiger partial charge in [0.25, 0.3) is 0 Å². The normalized spacial score (nSPS) is 32.9. The van der Waals surface area contributed by atoms with Crippen molar-refractivity contribution in [2.24, 2.45) is 0 Å². The number of fused-ring (bicyclic) bond motifs is 2. The highest BCUT2D eigenvalue weighted by molar-refractivity contribution is 9.10. The van der Waals surface area contributed by atoms with Crippen LogP contribution in [0.5, 0.6) is 0 Å². The molecule has 0 saturated carbocycles. The average Bonchev–Trinajstić information content (AvgIpc) is 2.56. The number of aliphatic hydroxyl groups is 1. The second-order valence-corrected chi connectivity index (χ2v) is 6.13. The Bertz CT molecular complexity index is 395. The van der Waals surface area contributed by atoms with Gasteiger partial charge in [0.15, 0.2) is 0 Å². The Morgan fingerprint density at radius 3 is 2.47 bits per heavy atom. The summed E-state index contributed by atoms with van der Waals surface area (Å²) < 4.78 is 1.20. The molecule has 0 amide bonds. The van der Waals surface area contributed by atoms with Crippen LogP contribution >= 0.6 is 15.9 Å². The van der Waals surface area contributed by atoms with Gasteiger partial charge in [-0.25, -0.2) is 0 Å². The fourth-order valence-corrected chi connectivity index (χ4v) is 3.74. The van der Waals surface area contributed by atoms with Crippen LogP contribution < -0.4 is 0 Å². The van der Waals surface area contributed by atoms with E-state index in [0.29, 0.717) is 12.1 Å². The van der Waals surface area contributed by atoms with Crippen molar-refractivity contribution < 1.29 is 5.11 Å². The van der Waals surface area contributed by atoms with Gasteiger partial charge in [0, 0.05) is 23.1 Å². The fourth-order valence-electron chi connectivity index (χ4n) is 3.33. The molecule has 2 saturated heterocycles. The van der Waals surface area contributed by atoms with Crippen LogP contribution in [0.25, 0.3) is 0 Å². The molecule has 2 aliphatic rings. The van der Waals surface area contributed by atoms with E-state index < -0.39 is 0 Å².